The molecule has 174 valence electrons. The van der Waals surface area contributed by atoms with Crippen molar-refractivity contribution in [3.8, 4) is 17.0 Å². The summed E-state index contributed by atoms with van der Waals surface area (Å²) in [5, 5.41) is 9.07. The number of aryl methyl sites for hydroxylation is 2. The first-order chi connectivity index (χ1) is 16.3. The molecule has 4 heterocycles. The molecule has 1 N–H and O–H groups in total. The molecule has 0 atom stereocenters. The van der Waals surface area contributed by atoms with Gasteiger partial charge in [-0.05, 0) is 35.7 Å². The lowest BCUT2D eigenvalue weighted by molar-refractivity contribution is 0.0690. The molecule has 0 spiro atoms. The third-order valence-electron chi connectivity index (χ3n) is 6.30. The lowest BCUT2D eigenvalue weighted by atomic mass is 10.00. The third kappa shape index (κ3) is 3.40. The predicted octanol–water partition coefficient (Wildman–Crippen LogP) is 3.69. The van der Waals surface area contributed by atoms with Crippen molar-refractivity contribution in [3.05, 3.63) is 64.5 Å². The predicted molar refractivity (Wildman–Crippen MR) is 129 cm³/mol. The highest BCUT2D eigenvalue weighted by Gasteiger charge is 2.24. The second-order valence-corrected chi connectivity index (χ2v) is 8.73. The van der Waals surface area contributed by atoms with Gasteiger partial charge >= 0.3 is 11.7 Å². The van der Waals surface area contributed by atoms with Crippen LogP contribution in [0.2, 0.25) is 0 Å². The van der Waals surface area contributed by atoms with Crippen molar-refractivity contribution in [2.75, 3.05) is 18.1 Å². The quantitative estimate of drug-likeness (QED) is 0.497. The van der Waals surface area contributed by atoms with Crippen molar-refractivity contribution in [2.45, 2.75) is 19.8 Å². The monoisotopic (exact) mass is 459 g/mol. The molecule has 3 aromatic heterocycles. The van der Waals surface area contributed by atoms with E-state index in [-0.39, 0.29) is 17.3 Å². The van der Waals surface area contributed by atoms with E-state index in [0.717, 1.165) is 28.0 Å². The van der Waals surface area contributed by atoms with Crippen LogP contribution in [0.15, 0.2) is 47.5 Å². The van der Waals surface area contributed by atoms with Gasteiger partial charge in [-0.3, -0.25) is 14.1 Å². The molecule has 0 saturated heterocycles. The van der Waals surface area contributed by atoms with Gasteiger partial charge < -0.3 is 14.7 Å². The van der Waals surface area contributed by atoms with E-state index in [2.05, 4.69) is 34.8 Å². The number of imidazole rings is 1. The fourth-order valence-corrected chi connectivity index (χ4v) is 4.48. The van der Waals surface area contributed by atoms with Crippen molar-refractivity contribution in [3.63, 3.8) is 0 Å². The van der Waals surface area contributed by atoms with Crippen LogP contribution in [-0.4, -0.2) is 43.3 Å². The Hall–Kier alpha value is -4.14. The van der Waals surface area contributed by atoms with Gasteiger partial charge in [-0.25, -0.2) is 14.6 Å². The summed E-state index contributed by atoms with van der Waals surface area (Å²) in [5.41, 5.74) is 6.03. The number of rotatable bonds is 4. The number of hydrogen-bond acceptors (Lipinski definition) is 6. The number of hydrogen-bond donors (Lipinski definition) is 1. The minimum atomic E-state index is -1.07. The van der Waals surface area contributed by atoms with E-state index >= 15 is 0 Å². The topological polar surface area (TPSA) is 102 Å². The Bertz CT molecular complexity index is 1480. The van der Waals surface area contributed by atoms with E-state index in [1.54, 1.807) is 28.4 Å². The molecule has 0 amide bonds. The highest BCUT2D eigenvalue weighted by molar-refractivity contribution is 5.87. The molecule has 0 saturated carbocycles. The Morgan fingerprint density at radius 3 is 2.56 bits per heavy atom. The van der Waals surface area contributed by atoms with Gasteiger partial charge in [0.15, 0.2) is 0 Å². The van der Waals surface area contributed by atoms with E-state index in [4.69, 9.17) is 9.84 Å². The second-order valence-electron chi connectivity index (χ2n) is 8.73. The smallest absolute Gasteiger partial charge is 0.354 e. The maximum atomic E-state index is 12.6. The summed E-state index contributed by atoms with van der Waals surface area (Å²) in [6.07, 6.45) is 3.26. The van der Waals surface area contributed by atoms with E-state index in [1.165, 1.54) is 12.3 Å². The molecule has 4 aromatic rings. The van der Waals surface area contributed by atoms with Crippen LogP contribution in [0, 0.1) is 0 Å². The molecule has 9 heteroatoms. The number of aromatic nitrogens is 4. The highest BCUT2D eigenvalue weighted by atomic mass is 16.5. The normalized spacial score (nSPS) is 13.3. The minimum absolute atomic E-state index is 0.0178. The first kappa shape index (κ1) is 21.7. The van der Waals surface area contributed by atoms with Crippen molar-refractivity contribution in [1.82, 2.24) is 19.1 Å². The van der Waals surface area contributed by atoms with Crippen LogP contribution >= 0.6 is 0 Å². The number of fused-ring (bicyclic) bond motifs is 2. The summed E-state index contributed by atoms with van der Waals surface area (Å²) in [6.45, 7) is 5.39. The van der Waals surface area contributed by atoms with Crippen LogP contribution in [0.4, 0.5) is 11.4 Å². The molecule has 9 nitrogen and oxygen atoms in total. The van der Waals surface area contributed by atoms with Crippen LogP contribution in [-0.2, 0) is 14.1 Å². The van der Waals surface area contributed by atoms with Crippen molar-refractivity contribution < 1.29 is 14.6 Å². The number of aromatic carboxylic acids is 1. The van der Waals surface area contributed by atoms with Crippen LogP contribution < -0.4 is 15.3 Å². The SMILES string of the molecule is CC(C)c1cc(N2CCOc3cc(-c4ccc(C(=O)O)nc4)ncc32)cc2c1n(C)c(=O)n2C. The van der Waals surface area contributed by atoms with Crippen molar-refractivity contribution in [2.24, 2.45) is 14.1 Å². The average Bonchev–Trinajstić information content (AvgIpc) is 3.06. The maximum absolute atomic E-state index is 12.6. The van der Waals surface area contributed by atoms with E-state index < -0.39 is 5.97 Å². The molecular weight excluding hydrogens is 434 g/mol. The fraction of sp³-hybridized carbons (Fsp3) is 0.280. The Balaban J connectivity index is 1.59. The van der Waals surface area contributed by atoms with Crippen molar-refractivity contribution in [1.29, 1.82) is 0 Å². The average molecular weight is 460 g/mol. The lowest BCUT2D eigenvalue weighted by Crippen LogP contribution is -2.29. The number of carboxylic acids is 1. The molecule has 0 radical (unpaired) electrons. The second kappa shape index (κ2) is 8.02. The van der Waals surface area contributed by atoms with Crippen LogP contribution in [0.1, 0.15) is 35.8 Å². The first-order valence-corrected chi connectivity index (χ1v) is 11.1. The van der Waals surface area contributed by atoms with E-state index in [0.29, 0.717) is 30.2 Å². The zero-order chi connectivity index (χ0) is 24.1. The first-order valence-electron chi connectivity index (χ1n) is 11.1. The minimum Gasteiger partial charge on any atom is -0.489 e. The largest absolute Gasteiger partial charge is 0.489 e. The summed E-state index contributed by atoms with van der Waals surface area (Å²) >= 11 is 0. The molecular formula is C25H25N5O4. The number of pyridine rings is 2. The standard InChI is InChI=1S/C25H25N5O4/c1-14(2)17-9-16(10-20-23(17)29(4)25(33)28(20)3)30-7-8-34-22-11-19(27-13-21(22)30)15-5-6-18(24(31)32)26-12-15/h5-6,9-14H,7-8H2,1-4H3,(H,31,32). The summed E-state index contributed by atoms with van der Waals surface area (Å²) in [5.74, 6) is -0.151. The molecule has 34 heavy (non-hydrogen) atoms. The maximum Gasteiger partial charge on any atom is 0.354 e. The number of carboxylic acid groups (broad SMARTS) is 1. The molecule has 0 fully saturated rings. The zero-order valence-corrected chi connectivity index (χ0v) is 19.4. The van der Waals surface area contributed by atoms with Crippen LogP contribution in [0.5, 0.6) is 5.75 Å². The Morgan fingerprint density at radius 1 is 1.09 bits per heavy atom. The van der Waals surface area contributed by atoms with Gasteiger partial charge in [0, 0.05) is 37.6 Å². The molecule has 0 bridgehead atoms. The molecule has 5 rings (SSSR count). The van der Waals surface area contributed by atoms with Crippen LogP contribution in [0.25, 0.3) is 22.3 Å². The third-order valence-corrected chi connectivity index (χ3v) is 6.30. The molecule has 1 aliphatic rings. The highest BCUT2D eigenvalue weighted by Crippen LogP contribution is 2.40. The van der Waals surface area contributed by atoms with E-state index in [9.17, 15) is 9.59 Å². The number of anilines is 2. The van der Waals surface area contributed by atoms with Crippen molar-refractivity contribution >= 4 is 28.4 Å². The molecule has 1 aromatic carbocycles. The number of benzene rings is 1. The fourth-order valence-electron chi connectivity index (χ4n) is 4.48. The van der Waals surface area contributed by atoms with Crippen LogP contribution in [0.3, 0.4) is 0 Å². The number of ether oxygens (including phenoxy) is 1. The Kier molecular flexibility index (Phi) is 5.11. The van der Waals surface area contributed by atoms with Gasteiger partial charge in [-0.2, -0.15) is 0 Å². The molecule has 1 aliphatic heterocycles. The number of nitrogens with zero attached hydrogens (tertiary/aromatic N) is 5. The lowest BCUT2D eigenvalue weighted by Gasteiger charge is -2.32. The zero-order valence-electron chi connectivity index (χ0n) is 19.4. The summed E-state index contributed by atoms with van der Waals surface area (Å²) in [6, 6.07) is 9.17. The van der Waals surface area contributed by atoms with Gasteiger partial charge in [-0.1, -0.05) is 13.8 Å². The van der Waals surface area contributed by atoms with Gasteiger partial charge in [0.1, 0.15) is 23.7 Å². The molecule has 0 unspecified atom stereocenters. The van der Waals surface area contributed by atoms with Gasteiger partial charge in [0.25, 0.3) is 0 Å². The summed E-state index contributed by atoms with van der Waals surface area (Å²) in [7, 11) is 3.60. The van der Waals surface area contributed by atoms with E-state index in [1.807, 2.05) is 19.2 Å². The van der Waals surface area contributed by atoms with Gasteiger partial charge in [-0.15, -0.1) is 0 Å². The van der Waals surface area contributed by atoms with Gasteiger partial charge in [0.2, 0.25) is 0 Å². The summed E-state index contributed by atoms with van der Waals surface area (Å²) < 4.78 is 9.35. The summed E-state index contributed by atoms with van der Waals surface area (Å²) in [4.78, 5) is 34.4. The molecule has 0 aliphatic carbocycles. The Morgan fingerprint density at radius 2 is 1.88 bits per heavy atom. The Labute approximate surface area is 195 Å². The number of carbonyl (C=O) groups is 1. The van der Waals surface area contributed by atoms with Gasteiger partial charge in [0.05, 0.1) is 29.5 Å².